The van der Waals surface area contributed by atoms with Gasteiger partial charge >= 0.3 is 0 Å². The summed E-state index contributed by atoms with van der Waals surface area (Å²) >= 11 is 0. The predicted octanol–water partition coefficient (Wildman–Crippen LogP) is 2.49. The number of hydrogen-bond acceptors (Lipinski definition) is 5. The van der Waals surface area contributed by atoms with Crippen LogP contribution in [0.15, 0.2) is 30.3 Å². The average molecular weight is 399 g/mol. The molecule has 7 nitrogen and oxygen atoms in total. The van der Waals surface area contributed by atoms with Crippen LogP contribution < -0.4 is 9.47 Å². The molecule has 1 fully saturated rings. The number of aliphatic hydroxyl groups is 1. The Morgan fingerprint density at radius 1 is 1.24 bits per heavy atom. The molecule has 0 unspecified atom stereocenters. The van der Waals surface area contributed by atoms with Gasteiger partial charge in [-0.05, 0) is 38.5 Å². The van der Waals surface area contributed by atoms with Crippen LogP contribution in [0.25, 0.3) is 6.08 Å². The Balaban J connectivity index is 1.63. The van der Waals surface area contributed by atoms with Gasteiger partial charge in [0, 0.05) is 50.0 Å². The van der Waals surface area contributed by atoms with Gasteiger partial charge in [0.05, 0.1) is 18.9 Å². The highest BCUT2D eigenvalue weighted by Gasteiger charge is 2.28. The first kappa shape index (κ1) is 20.9. The summed E-state index contributed by atoms with van der Waals surface area (Å²) in [5.74, 6) is 1.28. The standard InChI is InChI=1S/C22H29N3O4/c1-15-19(16(2)24(3)23-15)8-9-22(27)25-12-10-20(26)21(11-13-25)29-18-7-5-6-17(14-18)28-4/h5-9,14,20-21,26H,10-13H2,1-4H3/b9-8+/t20-,21-/m0/s1. The van der Waals surface area contributed by atoms with Crippen LogP contribution in [0.2, 0.25) is 0 Å². The molecule has 29 heavy (non-hydrogen) atoms. The Kier molecular flexibility index (Phi) is 6.59. The number of likely N-dealkylation sites (tertiary alicyclic amines) is 1. The first-order valence-electron chi connectivity index (χ1n) is 9.85. The molecule has 1 N–H and O–H groups in total. The molecule has 0 spiro atoms. The fraction of sp³-hybridized carbons (Fsp3) is 0.455. The van der Waals surface area contributed by atoms with E-state index >= 15 is 0 Å². The van der Waals surface area contributed by atoms with E-state index in [1.54, 1.807) is 24.2 Å². The van der Waals surface area contributed by atoms with E-state index in [-0.39, 0.29) is 12.0 Å². The minimum atomic E-state index is -0.634. The lowest BCUT2D eigenvalue weighted by molar-refractivity contribution is -0.125. The number of carbonyl (C=O) groups excluding carboxylic acids is 1. The number of benzene rings is 1. The van der Waals surface area contributed by atoms with E-state index in [0.29, 0.717) is 37.4 Å². The van der Waals surface area contributed by atoms with Gasteiger partial charge in [-0.25, -0.2) is 0 Å². The second-order valence-electron chi connectivity index (χ2n) is 7.35. The molecule has 1 saturated heterocycles. The number of amides is 1. The molecule has 0 aliphatic carbocycles. The maximum absolute atomic E-state index is 12.7. The number of hydrogen-bond donors (Lipinski definition) is 1. The molecule has 0 radical (unpaired) electrons. The molecule has 2 atom stereocenters. The zero-order valence-electron chi connectivity index (χ0n) is 17.5. The summed E-state index contributed by atoms with van der Waals surface area (Å²) in [4.78, 5) is 14.4. The molecular formula is C22H29N3O4. The highest BCUT2D eigenvalue weighted by atomic mass is 16.5. The molecule has 2 aromatic rings. The van der Waals surface area contributed by atoms with Gasteiger partial charge in [-0.1, -0.05) is 6.07 Å². The van der Waals surface area contributed by atoms with Crippen molar-refractivity contribution in [2.24, 2.45) is 7.05 Å². The highest BCUT2D eigenvalue weighted by Crippen LogP contribution is 2.24. The van der Waals surface area contributed by atoms with Crippen molar-refractivity contribution in [3.05, 3.63) is 47.3 Å². The molecule has 1 amide bonds. The monoisotopic (exact) mass is 399 g/mol. The van der Waals surface area contributed by atoms with Crippen LogP contribution in [0.3, 0.4) is 0 Å². The first-order valence-corrected chi connectivity index (χ1v) is 9.85. The van der Waals surface area contributed by atoms with Crippen molar-refractivity contribution in [1.82, 2.24) is 14.7 Å². The molecule has 1 aromatic heterocycles. The maximum Gasteiger partial charge on any atom is 0.246 e. The fourth-order valence-corrected chi connectivity index (χ4v) is 3.56. The molecule has 1 aliphatic rings. The summed E-state index contributed by atoms with van der Waals surface area (Å²) in [6.45, 7) is 4.93. The van der Waals surface area contributed by atoms with Crippen LogP contribution in [-0.2, 0) is 11.8 Å². The second kappa shape index (κ2) is 9.13. The topological polar surface area (TPSA) is 76.8 Å². The quantitative estimate of drug-likeness (QED) is 0.782. The fourth-order valence-electron chi connectivity index (χ4n) is 3.56. The summed E-state index contributed by atoms with van der Waals surface area (Å²) in [6.07, 6.45) is 3.44. The number of methoxy groups -OCH3 is 1. The van der Waals surface area contributed by atoms with Crippen molar-refractivity contribution >= 4 is 12.0 Å². The minimum Gasteiger partial charge on any atom is -0.497 e. The number of aromatic nitrogens is 2. The molecule has 0 bridgehead atoms. The maximum atomic E-state index is 12.7. The van der Waals surface area contributed by atoms with E-state index in [1.165, 1.54) is 0 Å². The van der Waals surface area contributed by atoms with Gasteiger partial charge in [0.2, 0.25) is 5.91 Å². The van der Waals surface area contributed by atoms with Gasteiger partial charge in [-0.15, -0.1) is 0 Å². The third kappa shape index (κ3) is 4.98. The smallest absolute Gasteiger partial charge is 0.246 e. The van der Waals surface area contributed by atoms with Crippen molar-refractivity contribution in [3.8, 4) is 11.5 Å². The van der Waals surface area contributed by atoms with E-state index < -0.39 is 6.10 Å². The summed E-state index contributed by atoms with van der Waals surface area (Å²) in [5.41, 5.74) is 2.88. The van der Waals surface area contributed by atoms with Crippen molar-refractivity contribution in [3.63, 3.8) is 0 Å². The van der Waals surface area contributed by atoms with Gasteiger partial charge in [0.15, 0.2) is 0 Å². The van der Waals surface area contributed by atoms with Gasteiger partial charge in [0.1, 0.15) is 17.6 Å². The average Bonchev–Trinajstić information content (AvgIpc) is 2.84. The second-order valence-corrected chi connectivity index (χ2v) is 7.35. The third-order valence-corrected chi connectivity index (χ3v) is 5.41. The van der Waals surface area contributed by atoms with E-state index in [2.05, 4.69) is 5.10 Å². The normalized spacial score (nSPS) is 20.0. The van der Waals surface area contributed by atoms with Crippen LogP contribution in [0.4, 0.5) is 0 Å². The van der Waals surface area contributed by atoms with Crippen molar-refractivity contribution < 1.29 is 19.4 Å². The SMILES string of the molecule is COc1cccc(O[C@H]2CCN(C(=O)/C=C/c3c(C)nn(C)c3C)CC[C@@H]2O)c1. The number of carbonyl (C=O) groups is 1. The Morgan fingerprint density at radius 3 is 2.66 bits per heavy atom. The van der Waals surface area contributed by atoms with E-state index in [4.69, 9.17) is 9.47 Å². The summed E-state index contributed by atoms with van der Waals surface area (Å²) in [6, 6.07) is 7.32. The Labute approximate surface area is 171 Å². The lowest BCUT2D eigenvalue weighted by Gasteiger charge is -2.22. The Hall–Kier alpha value is -2.80. The van der Waals surface area contributed by atoms with Crippen LogP contribution in [-0.4, -0.2) is 58.1 Å². The Morgan fingerprint density at radius 2 is 1.97 bits per heavy atom. The Bertz CT molecular complexity index is 890. The molecule has 7 heteroatoms. The highest BCUT2D eigenvalue weighted by molar-refractivity contribution is 5.92. The van der Waals surface area contributed by atoms with Gasteiger partial charge in [0.25, 0.3) is 0 Å². The van der Waals surface area contributed by atoms with Crippen molar-refractivity contribution in [2.45, 2.75) is 38.9 Å². The zero-order valence-corrected chi connectivity index (χ0v) is 17.5. The number of rotatable bonds is 5. The van der Waals surface area contributed by atoms with E-state index in [9.17, 15) is 9.90 Å². The molecule has 2 heterocycles. The lowest BCUT2D eigenvalue weighted by Crippen LogP contribution is -2.31. The van der Waals surface area contributed by atoms with Gasteiger partial charge in [-0.3, -0.25) is 9.48 Å². The molecule has 3 rings (SSSR count). The van der Waals surface area contributed by atoms with Crippen LogP contribution >= 0.6 is 0 Å². The summed E-state index contributed by atoms with van der Waals surface area (Å²) < 4.78 is 13.0. The first-order chi connectivity index (χ1) is 13.9. The molecular weight excluding hydrogens is 370 g/mol. The zero-order chi connectivity index (χ0) is 21.0. The van der Waals surface area contributed by atoms with Crippen LogP contribution in [0.5, 0.6) is 11.5 Å². The number of nitrogens with zero attached hydrogens (tertiary/aromatic N) is 3. The van der Waals surface area contributed by atoms with Crippen LogP contribution in [0, 0.1) is 13.8 Å². The van der Waals surface area contributed by atoms with E-state index in [1.807, 2.05) is 49.9 Å². The van der Waals surface area contributed by atoms with Crippen molar-refractivity contribution in [2.75, 3.05) is 20.2 Å². The molecule has 1 aromatic carbocycles. The predicted molar refractivity (Wildman–Crippen MR) is 111 cm³/mol. The summed E-state index contributed by atoms with van der Waals surface area (Å²) in [5, 5.41) is 14.9. The number of aliphatic hydroxyl groups excluding tert-OH is 1. The minimum absolute atomic E-state index is 0.0677. The third-order valence-electron chi connectivity index (χ3n) is 5.41. The van der Waals surface area contributed by atoms with Gasteiger partial charge < -0.3 is 19.5 Å². The molecule has 1 aliphatic heterocycles. The largest absolute Gasteiger partial charge is 0.497 e. The number of ether oxygens (including phenoxy) is 2. The molecule has 0 saturated carbocycles. The van der Waals surface area contributed by atoms with Crippen LogP contribution in [0.1, 0.15) is 29.8 Å². The summed E-state index contributed by atoms with van der Waals surface area (Å²) in [7, 11) is 3.49. The number of aryl methyl sites for hydroxylation is 2. The van der Waals surface area contributed by atoms with Crippen molar-refractivity contribution in [1.29, 1.82) is 0 Å². The van der Waals surface area contributed by atoms with Gasteiger partial charge in [-0.2, -0.15) is 5.10 Å². The van der Waals surface area contributed by atoms with E-state index in [0.717, 1.165) is 17.0 Å². The lowest BCUT2D eigenvalue weighted by atomic mass is 10.1. The molecule has 156 valence electrons.